The van der Waals surface area contributed by atoms with Crippen LogP contribution in [0.4, 0.5) is 13.2 Å². The van der Waals surface area contributed by atoms with E-state index in [-0.39, 0.29) is 13.2 Å². The molecule has 6 heteroatoms. The Morgan fingerprint density at radius 2 is 2.08 bits per heavy atom. The highest BCUT2D eigenvalue weighted by atomic mass is 19.3. The van der Waals surface area contributed by atoms with Crippen LogP contribution in [0.3, 0.4) is 0 Å². The molecule has 0 atom stereocenters. The molecule has 0 rings (SSSR count). The van der Waals surface area contributed by atoms with Gasteiger partial charge in [0.2, 0.25) is 0 Å². The number of oxime groups is 1. The fourth-order valence-electron chi connectivity index (χ4n) is 0.378. The van der Waals surface area contributed by atoms with Crippen LogP contribution in [0.2, 0.25) is 0 Å². The van der Waals surface area contributed by atoms with Crippen LogP contribution in [-0.4, -0.2) is 19.4 Å². The zero-order chi connectivity index (χ0) is 9.40. The molecule has 70 valence electrons. The Bertz CT molecular complexity index is 178. The zero-order valence-corrected chi connectivity index (χ0v) is 6.27. The number of rotatable bonds is 5. The summed E-state index contributed by atoms with van der Waals surface area (Å²) in [7, 11) is 0. The van der Waals surface area contributed by atoms with E-state index in [0.29, 0.717) is 0 Å². The Morgan fingerprint density at radius 3 is 2.58 bits per heavy atom. The first-order chi connectivity index (χ1) is 5.68. The highest BCUT2D eigenvalue weighted by Gasteiger charge is 2.03. The maximum absolute atomic E-state index is 12.0. The molecule has 0 saturated carbocycles. The first-order valence-corrected chi connectivity index (χ1v) is 3.22. The smallest absolute Gasteiger partial charge is 0.301 e. The van der Waals surface area contributed by atoms with E-state index in [0.717, 1.165) is 0 Å². The van der Waals surface area contributed by atoms with Gasteiger partial charge >= 0.3 is 6.08 Å². The Hall–Kier alpha value is -1.04. The first-order valence-electron chi connectivity index (χ1n) is 3.22. The molecule has 0 fully saturated rings. The molecular weight excluding hydrogens is 173 g/mol. The van der Waals surface area contributed by atoms with E-state index >= 15 is 0 Å². The van der Waals surface area contributed by atoms with Crippen molar-refractivity contribution in [1.82, 2.24) is 0 Å². The molecule has 0 bridgehead atoms. The van der Waals surface area contributed by atoms with Crippen LogP contribution in [-0.2, 0) is 4.84 Å². The number of nitrogens with zero attached hydrogens (tertiary/aromatic N) is 1. The Labute approximate surface area is 67.7 Å². The average molecular weight is 182 g/mol. The van der Waals surface area contributed by atoms with E-state index in [1.807, 2.05) is 0 Å². The molecule has 0 aromatic heterocycles. The zero-order valence-electron chi connectivity index (χ0n) is 6.27. The summed E-state index contributed by atoms with van der Waals surface area (Å²) < 4.78 is 34.8. The molecule has 3 nitrogen and oxygen atoms in total. The van der Waals surface area contributed by atoms with E-state index in [4.69, 9.17) is 5.73 Å². The van der Waals surface area contributed by atoms with Gasteiger partial charge < -0.3 is 10.6 Å². The summed E-state index contributed by atoms with van der Waals surface area (Å²) in [5, 5.41) is 3.24. The third kappa shape index (κ3) is 5.72. The van der Waals surface area contributed by atoms with Crippen LogP contribution in [0.25, 0.3) is 0 Å². The lowest BCUT2D eigenvalue weighted by molar-refractivity contribution is 0.142. The van der Waals surface area contributed by atoms with Crippen molar-refractivity contribution in [3.63, 3.8) is 0 Å². The minimum absolute atomic E-state index is 0.190. The van der Waals surface area contributed by atoms with Gasteiger partial charge in [-0.05, 0) is 0 Å². The second-order valence-corrected chi connectivity index (χ2v) is 1.77. The molecule has 0 radical (unpaired) electrons. The van der Waals surface area contributed by atoms with Crippen molar-refractivity contribution in [1.29, 1.82) is 0 Å². The lowest BCUT2D eigenvalue weighted by atomic mass is 10.4. The van der Waals surface area contributed by atoms with E-state index in [1.165, 1.54) is 6.21 Å². The molecule has 0 aromatic carbocycles. The summed E-state index contributed by atoms with van der Waals surface area (Å²) in [5.74, 6) is -1.47. The second kappa shape index (κ2) is 6.66. The van der Waals surface area contributed by atoms with Crippen molar-refractivity contribution >= 4 is 6.21 Å². The third-order valence-corrected chi connectivity index (χ3v) is 0.872. The average Bonchev–Trinajstić information content (AvgIpc) is 2.03. The molecule has 0 saturated heterocycles. The molecule has 2 N–H and O–H groups in total. The Kier molecular flexibility index (Phi) is 6.08. The quantitative estimate of drug-likeness (QED) is 0.397. The van der Waals surface area contributed by atoms with E-state index in [1.54, 1.807) is 0 Å². The van der Waals surface area contributed by atoms with E-state index in [2.05, 4.69) is 9.99 Å². The summed E-state index contributed by atoms with van der Waals surface area (Å²) in [4.78, 5) is 4.38. The van der Waals surface area contributed by atoms with Crippen LogP contribution < -0.4 is 5.73 Å². The van der Waals surface area contributed by atoms with Gasteiger partial charge in [-0.2, -0.15) is 8.78 Å². The van der Waals surface area contributed by atoms with Gasteiger partial charge in [-0.1, -0.05) is 5.16 Å². The number of halogens is 3. The Balaban J connectivity index is 3.44. The van der Waals surface area contributed by atoms with Crippen LogP contribution in [0.5, 0.6) is 0 Å². The lowest BCUT2D eigenvalue weighted by Crippen LogP contribution is -2.00. The molecule has 0 aromatic rings. The molecular formula is C6H9F3N2O. The summed E-state index contributed by atoms with van der Waals surface area (Å²) in [6.45, 7) is -0.0323. The van der Waals surface area contributed by atoms with Crippen molar-refractivity contribution in [3.05, 3.63) is 11.9 Å². The third-order valence-electron chi connectivity index (χ3n) is 0.872. The summed E-state index contributed by atoms with van der Waals surface area (Å²) in [5.41, 5.74) is 4.99. The summed E-state index contributed by atoms with van der Waals surface area (Å²) in [6, 6.07) is 0. The number of hydrogen-bond acceptors (Lipinski definition) is 3. The van der Waals surface area contributed by atoms with Crippen LogP contribution in [0.1, 0.15) is 6.42 Å². The van der Waals surface area contributed by atoms with Gasteiger partial charge in [-0.3, -0.25) is 0 Å². The van der Waals surface area contributed by atoms with Crippen LogP contribution in [0, 0.1) is 0 Å². The molecule has 0 spiro atoms. The highest BCUT2D eigenvalue weighted by Crippen LogP contribution is 2.12. The predicted molar refractivity (Wildman–Crippen MR) is 38.5 cm³/mol. The number of hydrogen-bond donors (Lipinski definition) is 1. The summed E-state index contributed by atoms with van der Waals surface area (Å²) >= 11 is 0. The standard InChI is InChI=1S/C6H9F3N2O/c7-5(6(8)9)1-4-12-11-3-2-10/h3H,1-2,4,10H2. The van der Waals surface area contributed by atoms with Gasteiger partial charge in [0.05, 0.1) is 6.21 Å². The van der Waals surface area contributed by atoms with Crippen LogP contribution in [0.15, 0.2) is 17.1 Å². The maximum atomic E-state index is 12.0. The minimum atomic E-state index is -2.32. The lowest BCUT2D eigenvalue weighted by Gasteiger charge is -1.95. The molecule has 0 amide bonds. The molecule has 12 heavy (non-hydrogen) atoms. The van der Waals surface area contributed by atoms with Crippen molar-refractivity contribution in [2.75, 3.05) is 13.2 Å². The topological polar surface area (TPSA) is 47.6 Å². The highest BCUT2D eigenvalue weighted by molar-refractivity contribution is 5.58. The second-order valence-electron chi connectivity index (χ2n) is 1.77. The van der Waals surface area contributed by atoms with Gasteiger partial charge in [0, 0.05) is 13.0 Å². The largest absolute Gasteiger partial charge is 0.396 e. The predicted octanol–water partition coefficient (Wildman–Crippen LogP) is 1.42. The van der Waals surface area contributed by atoms with E-state index in [9.17, 15) is 13.2 Å². The minimum Gasteiger partial charge on any atom is -0.396 e. The maximum Gasteiger partial charge on any atom is 0.301 e. The molecule has 0 aliphatic heterocycles. The summed E-state index contributed by atoms with van der Waals surface area (Å²) in [6.07, 6.45) is -1.56. The normalized spacial score (nSPS) is 10.3. The number of nitrogens with two attached hydrogens (primary N) is 1. The molecule has 0 heterocycles. The van der Waals surface area contributed by atoms with Gasteiger partial charge in [0.25, 0.3) is 0 Å². The van der Waals surface area contributed by atoms with Crippen molar-refractivity contribution < 1.29 is 18.0 Å². The van der Waals surface area contributed by atoms with E-state index < -0.39 is 18.3 Å². The van der Waals surface area contributed by atoms with Gasteiger partial charge in [-0.25, -0.2) is 4.39 Å². The fourth-order valence-corrected chi connectivity index (χ4v) is 0.378. The van der Waals surface area contributed by atoms with Crippen LogP contribution >= 0.6 is 0 Å². The molecule has 0 aliphatic rings. The molecule has 0 unspecified atom stereocenters. The monoisotopic (exact) mass is 182 g/mol. The SMILES string of the molecule is NCC=NOCCC(F)=C(F)F. The van der Waals surface area contributed by atoms with Crippen molar-refractivity contribution in [3.8, 4) is 0 Å². The van der Waals surface area contributed by atoms with Crippen molar-refractivity contribution in [2.24, 2.45) is 10.9 Å². The Morgan fingerprint density at radius 1 is 1.42 bits per heavy atom. The van der Waals surface area contributed by atoms with Gasteiger partial charge in [0.15, 0.2) is 5.83 Å². The fraction of sp³-hybridized carbons (Fsp3) is 0.500. The first kappa shape index (κ1) is 11.0. The molecule has 0 aliphatic carbocycles. The van der Waals surface area contributed by atoms with Gasteiger partial charge in [0.1, 0.15) is 6.61 Å². The van der Waals surface area contributed by atoms with Crippen molar-refractivity contribution in [2.45, 2.75) is 6.42 Å². The van der Waals surface area contributed by atoms with Gasteiger partial charge in [-0.15, -0.1) is 0 Å².